The van der Waals surface area contributed by atoms with Gasteiger partial charge < -0.3 is 9.84 Å². The fraction of sp³-hybridized carbons (Fsp3) is 0.350. The number of aliphatic carboxylic acids is 1. The maximum Gasteiger partial charge on any atom is 0.310 e. The van der Waals surface area contributed by atoms with Gasteiger partial charge in [0.2, 0.25) is 0 Å². The van der Waals surface area contributed by atoms with Crippen LogP contribution in [0.1, 0.15) is 41.0 Å². The van der Waals surface area contributed by atoms with Crippen molar-refractivity contribution < 1.29 is 14.6 Å². The Balaban J connectivity index is 2.01. The molecule has 0 saturated heterocycles. The molecule has 0 aromatic heterocycles. The minimum absolute atomic E-state index is 0.477. The Hall–Kier alpha value is -2.29. The molecule has 0 bridgehead atoms. The summed E-state index contributed by atoms with van der Waals surface area (Å²) in [5, 5.41) is 9.62. The highest BCUT2D eigenvalue weighted by molar-refractivity contribution is 5.77. The maximum absolute atomic E-state index is 11.7. The third kappa shape index (κ3) is 4.59. The lowest BCUT2D eigenvalue weighted by Gasteiger charge is -2.19. The number of carboxylic acid groups (broad SMARTS) is 1. The summed E-state index contributed by atoms with van der Waals surface area (Å²) in [4.78, 5) is 11.7. The Labute approximate surface area is 137 Å². The number of hydrogen-bond acceptors (Lipinski definition) is 2. The summed E-state index contributed by atoms with van der Waals surface area (Å²) >= 11 is 0. The molecule has 23 heavy (non-hydrogen) atoms. The first-order valence-corrected chi connectivity index (χ1v) is 7.97. The Morgan fingerprint density at radius 1 is 1.09 bits per heavy atom. The predicted octanol–water partition coefficient (Wildman–Crippen LogP) is 4.64. The lowest BCUT2D eigenvalue weighted by Crippen LogP contribution is -2.16. The summed E-state index contributed by atoms with van der Waals surface area (Å²) < 4.78 is 5.66. The topological polar surface area (TPSA) is 46.5 Å². The highest BCUT2D eigenvalue weighted by atomic mass is 16.5. The van der Waals surface area contributed by atoms with E-state index >= 15 is 0 Å². The van der Waals surface area contributed by atoms with E-state index in [1.54, 1.807) is 0 Å². The van der Waals surface area contributed by atoms with Crippen LogP contribution in [0.3, 0.4) is 0 Å². The van der Waals surface area contributed by atoms with E-state index in [0.29, 0.717) is 19.4 Å². The first kappa shape index (κ1) is 17.1. The van der Waals surface area contributed by atoms with Gasteiger partial charge in [0.15, 0.2) is 0 Å². The van der Waals surface area contributed by atoms with Gasteiger partial charge in [-0.3, -0.25) is 4.79 Å². The quantitative estimate of drug-likeness (QED) is 0.758. The molecule has 0 aliphatic heterocycles. The standard InChI is InChI=1S/C20H24O3/c1-14-12-15(2)19(16(3)13-14)18(20(21)22)10-7-11-23-17-8-5-4-6-9-17/h4-6,8-9,12-13,18H,7,10-11H2,1-3H3,(H,21,22). The van der Waals surface area contributed by atoms with E-state index in [2.05, 4.69) is 12.1 Å². The molecular weight excluding hydrogens is 288 g/mol. The molecule has 1 N–H and O–H groups in total. The average Bonchev–Trinajstić information content (AvgIpc) is 2.49. The second-order valence-electron chi connectivity index (χ2n) is 6.01. The number of benzene rings is 2. The molecular formula is C20H24O3. The molecule has 0 aliphatic carbocycles. The van der Waals surface area contributed by atoms with Gasteiger partial charge in [-0.2, -0.15) is 0 Å². The fourth-order valence-electron chi connectivity index (χ4n) is 3.13. The zero-order chi connectivity index (χ0) is 16.8. The van der Waals surface area contributed by atoms with Crippen molar-refractivity contribution in [1.29, 1.82) is 0 Å². The van der Waals surface area contributed by atoms with Crippen molar-refractivity contribution in [3.05, 3.63) is 64.7 Å². The van der Waals surface area contributed by atoms with E-state index in [0.717, 1.165) is 22.4 Å². The molecule has 2 rings (SSSR count). The van der Waals surface area contributed by atoms with E-state index in [4.69, 9.17) is 4.74 Å². The number of carboxylic acids is 1. The van der Waals surface area contributed by atoms with Gasteiger partial charge in [0, 0.05) is 0 Å². The molecule has 122 valence electrons. The molecule has 0 aliphatic rings. The zero-order valence-corrected chi connectivity index (χ0v) is 14.0. The van der Waals surface area contributed by atoms with Gasteiger partial charge in [0.05, 0.1) is 12.5 Å². The van der Waals surface area contributed by atoms with Crippen LogP contribution in [0.15, 0.2) is 42.5 Å². The van der Waals surface area contributed by atoms with E-state index in [1.807, 2.05) is 51.1 Å². The van der Waals surface area contributed by atoms with Crippen LogP contribution in [0.4, 0.5) is 0 Å². The smallest absolute Gasteiger partial charge is 0.310 e. The molecule has 0 saturated carbocycles. The normalized spacial score (nSPS) is 12.0. The van der Waals surface area contributed by atoms with Crippen molar-refractivity contribution >= 4 is 5.97 Å². The molecule has 3 heteroatoms. The second-order valence-corrected chi connectivity index (χ2v) is 6.01. The Bertz CT molecular complexity index is 639. The van der Waals surface area contributed by atoms with E-state index < -0.39 is 11.9 Å². The number of para-hydroxylation sites is 1. The monoisotopic (exact) mass is 312 g/mol. The summed E-state index contributed by atoms with van der Waals surface area (Å²) in [5.41, 5.74) is 4.22. The number of aryl methyl sites for hydroxylation is 3. The first-order valence-electron chi connectivity index (χ1n) is 7.97. The molecule has 0 heterocycles. The van der Waals surface area contributed by atoms with Gasteiger partial charge in [-0.15, -0.1) is 0 Å². The minimum Gasteiger partial charge on any atom is -0.494 e. The Kier molecular flexibility index (Phi) is 5.80. The predicted molar refractivity (Wildman–Crippen MR) is 92.2 cm³/mol. The number of rotatable bonds is 7. The molecule has 2 aromatic rings. The SMILES string of the molecule is Cc1cc(C)c(C(CCCOc2ccccc2)C(=O)O)c(C)c1. The van der Waals surface area contributed by atoms with Crippen LogP contribution < -0.4 is 4.74 Å². The van der Waals surface area contributed by atoms with E-state index in [-0.39, 0.29) is 0 Å². The highest BCUT2D eigenvalue weighted by Crippen LogP contribution is 2.29. The van der Waals surface area contributed by atoms with Crippen molar-refractivity contribution in [3.63, 3.8) is 0 Å². The van der Waals surface area contributed by atoms with Crippen molar-refractivity contribution in [2.45, 2.75) is 39.5 Å². The molecule has 2 aromatic carbocycles. The molecule has 3 nitrogen and oxygen atoms in total. The second kappa shape index (κ2) is 7.82. The first-order chi connectivity index (χ1) is 11.0. The van der Waals surface area contributed by atoms with Gasteiger partial charge in [-0.05, 0) is 62.4 Å². The summed E-state index contributed by atoms with van der Waals surface area (Å²) in [6, 6.07) is 13.7. The molecule has 1 atom stereocenters. The van der Waals surface area contributed by atoms with Crippen LogP contribution >= 0.6 is 0 Å². The zero-order valence-electron chi connectivity index (χ0n) is 14.0. The van der Waals surface area contributed by atoms with E-state index in [1.165, 1.54) is 5.56 Å². The summed E-state index contributed by atoms with van der Waals surface area (Å²) in [6.07, 6.45) is 1.28. The Morgan fingerprint density at radius 3 is 2.26 bits per heavy atom. The van der Waals surface area contributed by atoms with Crippen LogP contribution in [0.25, 0.3) is 0 Å². The summed E-state index contributed by atoms with van der Waals surface area (Å²) in [7, 11) is 0. The van der Waals surface area contributed by atoms with Crippen molar-refractivity contribution in [2.24, 2.45) is 0 Å². The van der Waals surface area contributed by atoms with Crippen LogP contribution in [0.2, 0.25) is 0 Å². The Morgan fingerprint density at radius 2 is 1.70 bits per heavy atom. The lowest BCUT2D eigenvalue weighted by atomic mass is 9.86. The number of ether oxygens (including phenoxy) is 1. The van der Waals surface area contributed by atoms with Crippen molar-refractivity contribution in [1.82, 2.24) is 0 Å². The van der Waals surface area contributed by atoms with Crippen LogP contribution in [0, 0.1) is 20.8 Å². The number of hydrogen-bond donors (Lipinski definition) is 1. The third-order valence-corrected chi connectivity index (χ3v) is 4.03. The molecule has 0 amide bonds. The van der Waals surface area contributed by atoms with Crippen LogP contribution in [0.5, 0.6) is 5.75 Å². The largest absolute Gasteiger partial charge is 0.494 e. The lowest BCUT2D eigenvalue weighted by molar-refractivity contribution is -0.139. The maximum atomic E-state index is 11.7. The van der Waals surface area contributed by atoms with Gasteiger partial charge in [0.25, 0.3) is 0 Å². The van der Waals surface area contributed by atoms with Crippen LogP contribution in [-0.2, 0) is 4.79 Å². The number of carbonyl (C=O) groups is 1. The third-order valence-electron chi connectivity index (χ3n) is 4.03. The molecule has 0 spiro atoms. The summed E-state index contributed by atoms with van der Waals surface area (Å²) in [5.74, 6) is -0.420. The molecule has 0 fully saturated rings. The van der Waals surface area contributed by atoms with Gasteiger partial charge in [-0.1, -0.05) is 35.9 Å². The van der Waals surface area contributed by atoms with Crippen LogP contribution in [-0.4, -0.2) is 17.7 Å². The average molecular weight is 312 g/mol. The highest BCUT2D eigenvalue weighted by Gasteiger charge is 2.23. The van der Waals surface area contributed by atoms with Gasteiger partial charge in [-0.25, -0.2) is 0 Å². The molecule has 1 unspecified atom stereocenters. The van der Waals surface area contributed by atoms with E-state index in [9.17, 15) is 9.90 Å². The molecule has 0 radical (unpaired) electrons. The van der Waals surface area contributed by atoms with Gasteiger partial charge >= 0.3 is 5.97 Å². The fourth-order valence-corrected chi connectivity index (χ4v) is 3.13. The summed E-state index contributed by atoms with van der Waals surface area (Å²) in [6.45, 7) is 6.54. The van der Waals surface area contributed by atoms with Crippen molar-refractivity contribution in [2.75, 3.05) is 6.61 Å². The minimum atomic E-state index is -0.764. The van der Waals surface area contributed by atoms with Crippen molar-refractivity contribution in [3.8, 4) is 5.75 Å². The van der Waals surface area contributed by atoms with Gasteiger partial charge in [0.1, 0.15) is 5.75 Å².